The van der Waals surface area contributed by atoms with Gasteiger partial charge in [0.1, 0.15) is 17.6 Å². The molecule has 17 heavy (non-hydrogen) atoms. The molecule has 0 aliphatic rings. The van der Waals surface area contributed by atoms with Gasteiger partial charge >= 0.3 is 0 Å². The van der Waals surface area contributed by atoms with Crippen molar-refractivity contribution in [3.05, 3.63) is 52.4 Å². The van der Waals surface area contributed by atoms with E-state index in [9.17, 15) is 0 Å². The Morgan fingerprint density at radius 1 is 1.35 bits per heavy atom. The monoisotopic (exact) mass is 246 g/mol. The Labute approximate surface area is 105 Å². The molecule has 0 atom stereocenters. The van der Waals surface area contributed by atoms with Crippen molar-refractivity contribution in [3.8, 4) is 6.07 Å². The molecule has 1 aromatic heterocycles. The van der Waals surface area contributed by atoms with Crippen molar-refractivity contribution < 1.29 is 4.42 Å². The van der Waals surface area contributed by atoms with Crippen LogP contribution < -0.4 is 5.32 Å². The lowest BCUT2D eigenvalue weighted by Crippen LogP contribution is -2.00. The van der Waals surface area contributed by atoms with Gasteiger partial charge in [-0.2, -0.15) is 5.26 Å². The van der Waals surface area contributed by atoms with E-state index in [1.807, 2.05) is 19.1 Å². The van der Waals surface area contributed by atoms with Gasteiger partial charge in [-0.25, -0.2) is 0 Å². The maximum Gasteiger partial charge on any atom is 0.123 e. The van der Waals surface area contributed by atoms with Gasteiger partial charge in [-0.15, -0.1) is 0 Å². The number of nitrogens with zero attached hydrogens (tertiary/aromatic N) is 1. The summed E-state index contributed by atoms with van der Waals surface area (Å²) in [6, 6.07) is 11.1. The first kappa shape index (κ1) is 11.6. The molecule has 2 aromatic rings. The van der Waals surface area contributed by atoms with Crippen LogP contribution in [0.4, 0.5) is 5.69 Å². The van der Waals surface area contributed by atoms with E-state index in [0.717, 1.165) is 17.2 Å². The number of hydrogen-bond donors (Lipinski definition) is 1. The van der Waals surface area contributed by atoms with Crippen LogP contribution in [0.2, 0.25) is 5.02 Å². The summed E-state index contributed by atoms with van der Waals surface area (Å²) in [4.78, 5) is 0. The summed E-state index contributed by atoms with van der Waals surface area (Å²) >= 11 is 5.82. The molecule has 0 saturated heterocycles. The summed E-state index contributed by atoms with van der Waals surface area (Å²) < 4.78 is 5.43. The van der Waals surface area contributed by atoms with Crippen LogP contribution in [0.25, 0.3) is 0 Å². The maximum absolute atomic E-state index is 8.97. The minimum Gasteiger partial charge on any atom is -0.465 e. The summed E-state index contributed by atoms with van der Waals surface area (Å²) in [5.74, 6) is 1.71. The molecule has 0 aliphatic heterocycles. The first-order valence-corrected chi connectivity index (χ1v) is 5.55. The Bertz CT molecular complexity index is 569. The lowest BCUT2D eigenvalue weighted by molar-refractivity contribution is 0.490. The molecular formula is C13H11ClN2O. The van der Waals surface area contributed by atoms with Crippen molar-refractivity contribution in [3.63, 3.8) is 0 Å². The van der Waals surface area contributed by atoms with Crippen LogP contribution in [-0.2, 0) is 6.54 Å². The van der Waals surface area contributed by atoms with Gasteiger partial charge in [0, 0.05) is 5.02 Å². The highest BCUT2D eigenvalue weighted by atomic mass is 35.5. The van der Waals surface area contributed by atoms with Crippen LogP contribution >= 0.6 is 11.6 Å². The molecule has 0 radical (unpaired) electrons. The van der Waals surface area contributed by atoms with Gasteiger partial charge in [-0.1, -0.05) is 11.6 Å². The first-order chi connectivity index (χ1) is 8.19. The van der Waals surface area contributed by atoms with Crippen LogP contribution in [0, 0.1) is 18.3 Å². The topological polar surface area (TPSA) is 49.0 Å². The third-order valence-corrected chi connectivity index (χ3v) is 2.59. The number of nitriles is 1. The molecule has 0 fully saturated rings. The second-order valence-corrected chi connectivity index (χ2v) is 4.10. The second-order valence-electron chi connectivity index (χ2n) is 3.67. The fourth-order valence-corrected chi connectivity index (χ4v) is 1.70. The number of nitrogens with one attached hydrogen (secondary N) is 1. The number of aryl methyl sites for hydroxylation is 1. The fraction of sp³-hybridized carbons (Fsp3) is 0.154. The Balaban J connectivity index is 2.12. The quantitative estimate of drug-likeness (QED) is 0.898. The molecule has 0 amide bonds. The van der Waals surface area contributed by atoms with Crippen LogP contribution in [-0.4, -0.2) is 0 Å². The number of anilines is 1. The SMILES string of the molecule is Cc1ccc(CNc2ccc(Cl)cc2C#N)o1. The largest absolute Gasteiger partial charge is 0.465 e. The minimum absolute atomic E-state index is 0.528. The molecule has 3 nitrogen and oxygen atoms in total. The molecule has 1 N–H and O–H groups in total. The molecule has 0 bridgehead atoms. The normalized spacial score (nSPS) is 9.94. The molecule has 86 valence electrons. The van der Waals surface area contributed by atoms with Gasteiger partial charge in [0.2, 0.25) is 0 Å². The Kier molecular flexibility index (Phi) is 3.36. The van der Waals surface area contributed by atoms with Gasteiger partial charge < -0.3 is 9.73 Å². The zero-order chi connectivity index (χ0) is 12.3. The standard InChI is InChI=1S/C13H11ClN2O/c1-9-2-4-12(17-9)8-16-13-5-3-11(14)6-10(13)7-15/h2-6,16H,8H2,1H3. The molecule has 2 rings (SSSR count). The van der Waals surface area contributed by atoms with Gasteiger partial charge in [0.05, 0.1) is 17.8 Å². The van der Waals surface area contributed by atoms with Gasteiger partial charge in [0.15, 0.2) is 0 Å². The highest BCUT2D eigenvalue weighted by Gasteiger charge is 2.04. The molecule has 4 heteroatoms. The molecule has 0 unspecified atom stereocenters. The summed E-state index contributed by atoms with van der Waals surface area (Å²) in [6.45, 7) is 2.44. The van der Waals surface area contributed by atoms with E-state index in [4.69, 9.17) is 21.3 Å². The summed E-state index contributed by atoms with van der Waals surface area (Å²) in [5, 5.41) is 12.7. The molecular weight excluding hydrogens is 236 g/mol. The second kappa shape index (κ2) is 4.94. The molecule has 1 aromatic carbocycles. The van der Waals surface area contributed by atoms with E-state index >= 15 is 0 Å². The zero-order valence-corrected chi connectivity index (χ0v) is 10.1. The predicted octanol–water partition coefficient (Wildman–Crippen LogP) is 3.73. The molecule has 0 saturated carbocycles. The van der Waals surface area contributed by atoms with Crippen molar-refractivity contribution >= 4 is 17.3 Å². The molecule has 0 spiro atoms. The van der Waals surface area contributed by atoms with Crippen molar-refractivity contribution in [2.75, 3.05) is 5.32 Å². The third-order valence-electron chi connectivity index (χ3n) is 2.35. The van der Waals surface area contributed by atoms with Crippen LogP contribution in [0.5, 0.6) is 0 Å². The van der Waals surface area contributed by atoms with E-state index in [2.05, 4.69) is 11.4 Å². The van der Waals surface area contributed by atoms with Crippen molar-refractivity contribution in [1.29, 1.82) is 5.26 Å². The predicted molar refractivity (Wildman–Crippen MR) is 66.9 cm³/mol. The van der Waals surface area contributed by atoms with Crippen molar-refractivity contribution in [2.24, 2.45) is 0 Å². The number of halogens is 1. The van der Waals surface area contributed by atoms with Crippen molar-refractivity contribution in [1.82, 2.24) is 0 Å². The van der Waals surface area contributed by atoms with E-state index in [0.29, 0.717) is 17.1 Å². The average molecular weight is 247 g/mol. The van der Waals surface area contributed by atoms with Crippen LogP contribution in [0.3, 0.4) is 0 Å². The zero-order valence-electron chi connectivity index (χ0n) is 9.33. The Morgan fingerprint density at radius 3 is 2.82 bits per heavy atom. The van der Waals surface area contributed by atoms with E-state index in [1.54, 1.807) is 18.2 Å². The number of furan rings is 1. The average Bonchev–Trinajstić information content (AvgIpc) is 2.73. The van der Waals surface area contributed by atoms with E-state index in [-0.39, 0.29) is 0 Å². The first-order valence-electron chi connectivity index (χ1n) is 5.18. The van der Waals surface area contributed by atoms with Gasteiger partial charge in [-0.3, -0.25) is 0 Å². The number of rotatable bonds is 3. The number of benzene rings is 1. The fourth-order valence-electron chi connectivity index (χ4n) is 1.53. The molecule has 1 heterocycles. The lowest BCUT2D eigenvalue weighted by Gasteiger charge is -2.06. The van der Waals surface area contributed by atoms with Crippen molar-refractivity contribution in [2.45, 2.75) is 13.5 Å². The van der Waals surface area contributed by atoms with E-state index in [1.165, 1.54) is 0 Å². The van der Waals surface area contributed by atoms with Crippen LogP contribution in [0.1, 0.15) is 17.1 Å². The maximum atomic E-state index is 8.97. The van der Waals surface area contributed by atoms with Gasteiger partial charge in [0.25, 0.3) is 0 Å². The Morgan fingerprint density at radius 2 is 2.18 bits per heavy atom. The molecule has 0 aliphatic carbocycles. The number of hydrogen-bond acceptors (Lipinski definition) is 3. The summed E-state index contributed by atoms with van der Waals surface area (Å²) in [7, 11) is 0. The minimum atomic E-state index is 0.528. The lowest BCUT2D eigenvalue weighted by atomic mass is 10.2. The summed E-state index contributed by atoms with van der Waals surface area (Å²) in [6.07, 6.45) is 0. The highest BCUT2D eigenvalue weighted by molar-refractivity contribution is 6.30. The summed E-state index contributed by atoms with van der Waals surface area (Å²) in [5.41, 5.74) is 1.28. The van der Waals surface area contributed by atoms with E-state index < -0.39 is 0 Å². The highest BCUT2D eigenvalue weighted by Crippen LogP contribution is 2.20. The third kappa shape index (κ3) is 2.80. The Hall–Kier alpha value is -1.92. The smallest absolute Gasteiger partial charge is 0.123 e. The van der Waals surface area contributed by atoms with Crippen LogP contribution in [0.15, 0.2) is 34.7 Å². The van der Waals surface area contributed by atoms with Gasteiger partial charge in [-0.05, 0) is 37.3 Å².